The Morgan fingerprint density at radius 3 is 2.06 bits per heavy atom. The number of nitrogens with zero attached hydrogens (tertiary/aromatic N) is 1. The summed E-state index contributed by atoms with van der Waals surface area (Å²) in [6, 6.07) is 8.17. The SMILES string of the molecule is O=C(O)c1cccc(C(=O)NC(c2ccc(C(F)(F)F)cc2)c2ncccc2C(F)(F)F)c1. The number of amides is 1. The maximum Gasteiger partial charge on any atom is 0.418 e. The van der Waals surface area contributed by atoms with Gasteiger partial charge < -0.3 is 10.4 Å². The van der Waals surface area contributed by atoms with Crippen LogP contribution in [-0.4, -0.2) is 22.0 Å². The van der Waals surface area contributed by atoms with Crippen molar-refractivity contribution in [3.63, 3.8) is 0 Å². The van der Waals surface area contributed by atoms with Crippen LogP contribution in [0.2, 0.25) is 0 Å². The first-order valence-corrected chi connectivity index (χ1v) is 9.21. The van der Waals surface area contributed by atoms with E-state index in [1.165, 1.54) is 18.2 Å². The lowest BCUT2D eigenvalue weighted by Crippen LogP contribution is -2.32. The van der Waals surface area contributed by atoms with E-state index < -0.39 is 47.1 Å². The van der Waals surface area contributed by atoms with E-state index in [1.54, 1.807) is 0 Å². The molecule has 1 heterocycles. The van der Waals surface area contributed by atoms with Gasteiger partial charge in [-0.25, -0.2) is 4.79 Å². The number of hydrogen-bond acceptors (Lipinski definition) is 3. The van der Waals surface area contributed by atoms with Crippen molar-refractivity contribution < 1.29 is 41.0 Å². The quantitative estimate of drug-likeness (QED) is 0.496. The number of halogens is 6. The second-order valence-corrected chi connectivity index (χ2v) is 6.85. The van der Waals surface area contributed by atoms with E-state index in [0.717, 1.165) is 36.5 Å². The lowest BCUT2D eigenvalue weighted by Gasteiger charge is -2.23. The molecule has 1 unspecified atom stereocenters. The molecule has 1 atom stereocenters. The molecule has 2 N–H and O–H groups in total. The summed E-state index contributed by atoms with van der Waals surface area (Å²) in [5.74, 6) is -2.27. The highest BCUT2D eigenvalue weighted by molar-refractivity contribution is 5.97. The minimum absolute atomic E-state index is 0.0880. The third kappa shape index (κ3) is 5.48. The van der Waals surface area contributed by atoms with Gasteiger partial charge in [0.05, 0.1) is 28.4 Å². The molecule has 0 bridgehead atoms. The van der Waals surface area contributed by atoms with Gasteiger partial charge in [0, 0.05) is 11.8 Å². The van der Waals surface area contributed by atoms with Crippen LogP contribution in [0.5, 0.6) is 0 Å². The second kappa shape index (κ2) is 8.93. The molecule has 172 valence electrons. The van der Waals surface area contributed by atoms with Crippen molar-refractivity contribution in [2.75, 3.05) is 0 Å². The van der Waals surface area contributed by atoms with Gasteiger partial charge in [-0.2, -0.15) is 26.3 Å². The molecule has 0 saturated heterocycles. The van der Waals surface area contributed by atoms with Crippen molar-refractivity contribution in [1.29, 1.82) is 0 Å². The largest absolute Gasteiger partial charge is 0.478 e. The predicted octanol–water partition coefficient (Wildman–Crippen LogP) is 5.34. The molecule has 0 aliphatic carbocycles. The number of benzene rings is 2. The summed E-state index contributed by atoms with van der Waals surface area (Å²) in [4.78, 5) is 27.7. The number of hydrogen-bond donors (Lipinski definition) is 2. The summed E-state index contributed by atoms with van der Waals surface area (Å²) in [5, 5.41) is 11.4. The van der Waals surface area contributed by atoms with Gasteiger partial charge in [0.15, 0.2) is 0 Å². The predicted molar refractivity (Wildman–Crippen MR) is 103 cm³/mol. The fourth-order valence-electron chi connectivity index (χ4n) is 3.07. The van der Waals surface area contributed by atoms with Crippen LogP contribution in [0.1, 0.15) is 49.1 Å². The van der Waals surface area contributed by atoms with E-state index in [4.69, 9.17) is 5.11 Å². The molecule has 0 aliphatic rings. The van der Waals surface area contributed by atoms with E-state index in [-0.39, 0.29) is 16.7 Å². The minimum atomic E-state index is -4.86. The first-order valence-electron chi connectivity index (χ1n) is 9.21. The average Bonchev–Trinajstić information content (AvgIpc) is 2.76. The zero-order chi connectivity index (χ0) is 24.4. The molecule has 0 radical (unpaired) electrons. The zero-order valence-electron chi connectivity index (χ0n) is 16.4. The second-order valence-electron chi connectivity index (χ2n) is 6.85. The van der Waals surface area contributed by atoms with Crippen LogP contribution >= 0.6 is 0 Å². The number of aromatic nitrogens is 1. The molecule has 33 heavy (non-hydrogen) atoms. The number of rotatable bonds is 5. The van der Waals surface area contributed by atoms with E-state index in [0.29, 0.717) is 12.1 Å². The number of aromatic carboxylic acids is 1. The van der Waals surface area contributed by atoms with Crippen molar-refractivity contribution in [3.8, 4) is 0 Å². The van der Waals surface area contributed by atoms with Crippen molar-refractivity contribution in [2.24, 2.45) is 0 Å². The lowest BCUT2D eigenvalue weighted by molar-refractivity contribution is -0.139. The van der Waals surface area contributed by atoms with E-state index in [9.17, 15) is 35.9 Å². The molecule has 1 aromatic heterocycles. The van der Waals surface area contributed by atoms with Gasteiger partial charge in [0.2, 0.25) is 0 Å². The summed E-state index contributed by atoms with van der Waals surface area (Å²) >= 11 is 0. The molecule has 2 aromatic carbocycles. The van der Waals surface area contributed by atoms with Gasteiger partial charge in [-0.3, -0.25) is 9.78 Å². The molecular weight excluding hydrogens is 454 g/mol. The maximum absolute atomic E-state index is 13.6. The van der Waals surface area contributed by atoms with Crippen molar-refractivity contribution in [1.82, 2.24) is 10.3 Å². The molecule has 11 heteroatoms. The molecule has 5 nitrogen and oxygen atoms in total. The Labute approximate surface area is 182 Å². The third-order valence-corrected chi connectivity index (χ3v) is 4.64. The van der Waals surface area contributed by atoms with E-state index in [1.807, 2.05) is 0 Å². The van der Waals surface area contributed by atoms with Gasteiger partial charge in [-0.15, -0.1) is 0 Å². The monoisotopic (exact) mass is 468 g/mol. The van der Waals surface area contributed by atoms with Gasteiger partial charge in [0.25, 0.3) is 5.91 Å². The zero-order valence-corrected chi connectivity index (χ0v) is 16.4. The Morgan fingerprint density at radius 2 is 1.48 bits per heavy atom. The molecule has 3 rings (SSSR count). The summed E-state index contributed by atoms with van der Waals surface area (Å²) < 4.78 is 79.5. The standard InChI is InChI=1S/C22H14F6N2O3/c23-21(24,25)15-8-6-12(7-9-15)17(18-16(22(26,27)28)5-2-10-29-18)30-19(31)13-3-1-4-14(11-13)20(32)33/h1-11,17H,(H,30,31)(H,32,33). The summed E-state index contributed by atoms with van der Waals surface area (Å²) in [7, 11) is 0. The summed E-state index contributed by atoms with van der Waals surface area (Å²) in [6.45, 7) is 0. The number of nitrogens with one attached hydrogen (secondary N) is 1. The third-order valence-electron chi connectivity index (χ3n) is 4.64. The minimum Gasteiger partial charge on any atom is -0.478 e. The van der Waals surface area contributed by atoms with Gasteiger partial charge >= 0.3 is 18.3 Å². The number of carboxylic acids is 1. The Morgan fingerprint density at radius 1 is 0.848 bits per heavy atom. The highest BCUT2D eigenvalue weighted by Crippen LogP contribution is 2.36. The molecule has 0 spiro atoms. The number of carbonyl (C=O) groups excluding carboxylic acids is 1. The number of carboxylic acid groups (broad SMARTS) is 1. The van der Waals surface area contributed by atoms with Crippen LogP contribution in [-0.2, 0) is 12.4 Å². The van der Waals surface area contributed by atoms with E-state index in [2.05, 4.69) is 10.3 Å². The van der Waals surface area contributed by atoms with Crippen LogP contribution in [0.15, 0.2) is 66.9 Å². The lowest BCUT2D eigenvalue weighted by atomic mass is 9.97. The first-order chi connectivity index (χ1) is 15.4. The Hall–Kier alpha value is -3.89. The van der Waals surface area contributed by atoms with Crippen molar-refractivity contribution in [2.45, 2.75) is 18.4 Å². The van der Waals surface area contributed by atoms with Gasteiger partial charge in [0.1, 0.15) is 0 Å². The molecule has 0 fully saturated rings. The summed E-state index contributed by atoms with van der Waals surface area (Å²) in [6.07, 6.45) is -8.47. The Balaban J connectivity index is 2.08. The van der Waals surface area contributed by atoms with Crippen molar-refractivity contribution in [3.05, 3.63) is 100 Å². The molecular formula is C22H14F6N2O3. The van der Waals surface area contributed by atoms with Crippen LogP contribution in [0.4, 0.5) is 26.3 Å². The smallest absolute Gasteiger partial charge is 0.418 e. The first kappa shape index (κ1) is 23.8. The van der Waals surface area contributed by atoms with Crippen LogP contribution in [0, 0.1) is 0 Å². The highest BCUT2D eigenvalue weighted by atomic mass is 19.4. The van der Waals surface area contributed by atoms with Gasteiger partial charge in [-0.1, -0.05) is 18.2 Å². The maximum atomic E-state index is 13.6. The topological polar surface area (TPSA) is 79.3 Å². The average molecular weight is 468 g/mol. The number of alkyl halides is 6. The van der Waals surface area contributed by atoms with E-state index >= 15 is 0 Å². The Kier molecular flexibility index (Phi) is 6.43. The molecule has 0 saturated carbocycles. The van der Waals surface area contributed by atoms with Crippen molar-refractivity contribution >= 4 is 11.9 Å². The molecule has 3 aromatic rings. The van der Waals surface area contributed by atoms with Crippen LogP contribution in [0.25, 0.3) is 0 Å². The number of pyridine rings is 1. The normalized spacial score (nSPS) is 12.8. The number of carbonyl (C=O) groups is 2. The molecule has 1 amide bonds. The fraction of sp³-hybridized carbons (Fsp3) is 0.136. The van der Waals surface area contributed by atoms with Crippen LogP contribution in [0.3, 0.4) is 0 Å². The van der Waals surface area contributed by atoms with Crippen LogP contribution < -0.4 is 5.32 Å². The summed E-state index contributed by atoms with van der Waals surface area (Å²) in [5.41, 5.74) is -3.33. The fourth-order valence-corrected chi connectivity index (χ4v) is 3.07. The highest BCUT2D eigenvalue weighted by Gasteiger charge is 2.37. The van der Waals surface area contributed by atoms with Gasteiger partial charge in [-0.05, 0) is 48.0 Å². The Bertz CT molecular complexity index is 1170. The molecule has 0 aliphatic heterocycles.